The molecule has 90 valence electrons. The minimum absolute atomic E-state index is 0.608. The molecule has 3 N–H and O–H groups in total. The van der Waals surface area contributed by atoms with Crippen LogP contribution in [0.1, 0.15) is 36.8 Å². The van der Waals surface area contributed by atoms with Crippen molar-refractivity contribution in [2.24, 2.45) is 5.92 Å². The predicted molar refractivity (Wildman–Crippen MR) is 70.0 cm³/mol. The zero-order valence-corrected chi connectivity index (χ0v) is 10.8. The van der Waals surface area contributed by atoms with Crippen molar-refractivity contribution in [1.82, 2.24) is 15.2 Å². The van der Waals surface area contributed by atoms with Crippen molar-refractivity contribution in [1.29, 1.82) is 0 Å². The third kappa shape index (κ3) is 1.74. The molecule has 0 amide bonds. The van der Waals surface area contributed by atoms with E-state index in [1.165, 1.54) is 17.0 Å². The third-order valence-corrected chi connectivity index (χ3v) is 4.73. The maximum Gasteiger partial charge on any atom is 0.129 e. The molecule has 0 radical (unpaired) electrons. The summed E-state index contributed by atoms with van der Waals surface area (Å²) in [5, 5.41) is 7.72. The number of hydrogen-bond acceptors (Lipinski definition) is 4. The number of nitrogen functional groups attached to an aromatic ring is 1. The summed E-state index contributed by atoms with van der Waals surface area (Å²) < 4.78 is 0. The van der Waals surface area contributed by atoms with Crippen molar-refractivity contribution < 1.29 is 0 Å². The van der Waals surface area contributed by atoms with Crippen molar-refractivity contribution in [2.75, 3.05) is 5.73 Å². The highest BCUT2D eigenvalue weighted by atomic mass is 32.1. The van der Waals surface area contributed by atoms with E-state index >= 15 is 0 Å². The van der Waals surface area contributed by atoms with Crippen molar-refractivity contribution in [3.8, 4) is 10.6 Å². The van der Waals surface area contributed by atoms with Gasteiger partial charge in [-0.05, 0) is 24.7 Å². The molecule has 0 bridgehead atoms. The van der Waals surface area contributed by atoms with Crippen LogP contribution in [0, 0.1) is 5.92 Å². The van der Waals surface area contributed by atoms with Crippen molar-refractivity contribution >= 4 is 17.2 Å². The number of nitrogens with one attached hydrogen (secondary N) is 1. The molecule has 2 heterocycles. The maximum atomic E-state index is 5.84. The van der Waals surface area contributed by atoms with Gasteiger partial charge in [-0.3, -0.25) is 5.10 Å². The van der Waals surface area contributed by atoms with Crippen LogP contribution >= 0.6 is 11.3 Å². The summed E-state index contributed by atoms with van der Waals surface area (Å²) in [5.41, 5.74) is 8.04. The third-order valence-electron chi connectivity index (χ3n) is 3.37. The van der Waals surface area contributed by atoms with Gasteiger partial charge in [-0.25, -0.2) is 4.98 Å². The second-order valence-electron chi connectivity index (χ2n) is 4.97. The molecule has 2 atom stereocenters. The summed E-state index contributed by atoms with van der Waals surface area (Å²) in [4.78, 5) is 6.16. The molecule has 2 aromatic rings. The fourth-order valence-corrected chi connectivity index (χ4v) is 3.78. The van der Waals surface area contributed by atoms with Gasteiger partial charge in [0.1, 0.15) is 10.8 Å². The van der Waals surface area contributed by atoms with E-state index in [1.807, 2.05) is 0 Å². The normalized spacial score (nSPS) is 23.6. The highest BCUT2D eigenvalue weighted by molar-refractivity contribution is 7.15. The Kier molecular flexibility index (Phi) is 2.43. The first-order valence-corrected chi connectivity index (χ1v) is 6.75. The molecule has 0 aliphatic heterocycles. The lowest BCUT2D eigenvalue weighted by atomic mass is 9.86. The van der Waals surface area contributed by atoms with Crippen LogP contribution in [0.15, 0.2) is 6.20 Å². The largest absolute Gasteiger partial charge is 0.383 e. The predicted octanol–water partition coefficient (Wildman–Crippen LogP) is 2.80. The molecule has 17 heavy (non-hydrogen) atoms. The fraction of sp³-hybridized carbons (Fsp3) is 0.500. The standard InChI is InChI=1S/C12H16N4S/c1-6-3-7(2)10-9(4-6)15-12(17-10)8-5-14-16-11(8)13/h5-7H,3-4H2,1-2H3,(H3,13,14,16). The van der Waals surface area contributed by atoms with Gasteiger partial charge in [-0.1, -0.05) is 13.8 Å². The number of aromatic amines is 1. The number of rotatable bonds is 1. The lowest BCUT2D eigenvalue weighted by molar-refractivity contribution is 0.450. The van der Waals surface area contributed by atoms with Crippen LogP contribution in [0.4, 0.5) is 5.82 Å². The summed E-state index contributed by atoms with van der Waals surface area (Å²) in [6.45, 7) is 4.58. The minimum Gasteiger partial charge on any atom is -0.383 e. The molecule has 2 aromatic heterocycles. The van der Waals surface area contributed by atoms with Crippen LogP contribution < -0.4 is 5.73 Å². The molecule has 0 spiro atoms. The maximum absolute atomic E-state index is 5.84. The number of anilines is 1. The molecule has 2 unspecified atom stereocenters. The average molecular weight is 248 g/mol. The van der Waals surface area contributed by atoms with E-state index in [0.29, 0.717) is 11.7 Å². The Labute approximate surface area is 104 Å². The van der Waals surface area contributed by atoms with E-state index in [0.717, 1.165) is 22.9 Å². The Morgan fingerprint density at radius 2 is 2.29 bits per heavy atom. The molecular formula is C12H16N4S. The summed E-state index contributed by atoms with van der Waals surface area (Å²) in [6, 6.07) is 0. The van der Waals surface area contributed by atoms with Crippen LogP contribution in [0.2, 0.25) is 0 Å². The van der Waals surface area contributed by atoms with Crippen LogP contribution in [0.3, 0.4) is 0 Å². The highest BCUT2D eigenvalue weighted by Crippen LogP contribution is 2.41. The smallest absolute Gasteiger partial charge is 0.129 e. The first-order valence-electron chi connectivity index (χ1n) is 5.94. The molecule has 0 saturated carbocycles. The van der Waals surface area contributed by atoms with Gasteiger partial charge in [0.2, 0.25) is 0 Å². The first kappa shape index (κ1) is 10.8. The van der Waals surface area contributed by atoms with Gasteiger partial charge >= 0.3 is 0 Å². The van der Waals surface area contributed by atoms with E-state index < -0.39 is 0 Å². The number of nitrogens with two attached hydrogens (primary N) is 1. The second kappa shape index (κ2) is 3.84. The molecular weight excluding hydrogens is 232 g/mol. The SMILES string of the molecule is CC1Cc2nc(-c3cn[nH]c3N)sc2C(C)C1. The number of nitrogens with zero attached hydrogens (tertiary/aromatic N) is 2. The Balaban J connectivity index is 2.05. The Bertz CT molecular complexity index is 542. The van der Waals surface area contributed by atoms with Gasteiger partial charge in [0, 0.05) is 4.88 Å². The zero-order valence-electron chi connectivity index (χ0n) is 10.0. The summed E-state index contributed by atoms with van der Waals surface area (Å²) in [7, 11) is 0. The monoisotopic (exact) mass is 248 g/mol. The fourth-order valence-electron chi connectivity index (χ4n) is 2.60. The lowest BCUT2D eigenvalue weighted by Crippen LogP contribution is -2.12. The number of H-pyrrole nitrogens is 1. The van der Waals surface area contributed by atoms with Crippen molar-refractivity contribution in [3.63, 3.8) is 0 Å². The minimum atomic E-state index is 0.608. The Hall–Kier alpha value is -1.36. The van der Waals surface area contributed by atoms with Crippen molar-refractivity contribution in [2.45, 2.75) is 32.6 Å². The first-order chi connectivity index (χ1) is 8.15. The lowest BCUT2D eigenvalue weighted by Gasteiger charge is -2.22. The molecule has 4 nitrogen and oxygen atoms in total. The van der Waals surface area contributed by atoms with E-state index in [-0.39, 0.29) is 0 Å². The van der Waals surface area contributed by atoms with Gasteiger partial charge in [-0.15, -0.1) is 11.3 Å². The molecule has 3 rings (SSSR count). The van der Waals surface area contributed by atoms with Gasteiger partial charge in [0.05, 0.1) is 17.5 Å². The van der Waals surface area contributed by atoms with Crippen LogP contribution in [0.25, 0.3) is 10.6 Å². The zero-order chi connectivity index (χ0) is 12.0. The molecule has 1 aliphatic rings. The van der Waals surface area contributed by atoms with Crippen molar-refractivity contribution in [3.05, 3.63) is 16.8 Å². The number of aromatic nitrogens is 3. The molecule has 0 aromatic carbocycles. The molecule has 0 saturated heterocycles. The van der Waals surface area contributed by atoms with E-state index in [9.17, 15) is 0 Å². The van der Waals surface area contributed by atoms with Crippen LogP contribution in [-0.4, -0.2) is 15.2 Å². The molecule has 5 heteroatoms. The van der Waals surface area contributed by atoms with Gasteiger partial charge in [0.15, 0.2) is 0 Å². The summed E-state index contributed by atoms with van der Waals surface area (Å²) in [6.07, 6.45) is 4.11. The Morgan fingerprint density at radius 1 is 1.47 bits per heavy atom. The number of thiazole rings is 1. The highest BCUT2D eigenvalue weighted by Gasteiger charge is 2.26. The number of hydrogen-bond donors (Lipinski definition) is 2. The molecule has 0 fully saturated rings. The van der Waals surface area contributed by atoms with Gasteiger partial charge in [0.25, 0.3) is 0 Å². The summed E-state index contributed by atoms with van der Waals surface area (Å²) in [5.74, 6) is 1.96. The second-order valence-corrected chi connectivity index (χ2v) is 6.00. The van der Waals surface area contributed by atoms with E-state index in [1.54, 1.807) is 17.5 Å². The van der Waals surface area contributed by atoms with Gasteiger partial charge in [-0.2, -0.15) is 5.10 Å². The quantitative estimate of drug-likeness (QED) is 0.815. The van der Waals surface area contributed by atoms with Gasteiger partial charge < -0.3 is 5.73 Å². The van der Waals surface area contributed by atoms with Crippen LogP contribution in [-0.2, 0) is 6.42 Å². The van der Waals surface area contributed by atoms with E-state index in [4.69, 9.17) is 10.7 Å². The Morgan fingerprint density at radius 3 is 3.00 bits per heavy atom. The molecule has 1 aliphatic carbocycles. The average Bonchev–Trinajstić information content (AvgIpc) is 2.83. The number of fused-ring (bicyclic) bond motifs is 1. The van der Waals surface area contributed by atoms with Crippen LogP contribution in [0.5, 0.6) is 0 Å². The topological polar surface area (TPSA) is 67.6 Å². The summed E-state index contributed by atoms with van der Waals surface area (Å²) >= 11 is 1.77. The van der Waals surface area contributed by atoms with E-state index in [2.05, 4.69) is 24.0 Å².